The smallest absolute Gasteiger partial charge is 0.444 e. The number of hydrogen-bond donors (Lipinski definition) is 0. The molecule has 0 bridgehead atoms. The molecule has 0 aliphatic carbocycles. The molecule has 1 saturated heterocycles. The summed E-state index contributed by atoms with van der Waals surface area (Å²) in [6.07, 6.45) is -2.67. The van der Waals surface area contributed by atoms with E-state index in [0.717, 1.165) is 10.4 Å². The van der Waals surface area contributed by atoms with Crippen LogP contribution in [-0.2, 0) is 27.7 Å². The van der Waals surface area contributed by atoms with Gasteiger partial charge in [-0.2, -0.15) is 25.9 Å². The Balaban J connectivity index is 1.56. The number of aromatic nitrogens is 3. The van der Waals surface area contributed by atoms with Crippen molar-refractivity contribution in [3.05, 3.63) is 60.0 Å². The maximum Gasteiger partial charge on any atom is 0.470 e. The summed E-state index contributed by atoms with van der Waals surface area (Å²) in [7, 11) is -4.24. The molecule has 0 spiro atoms. The van der Waals surface area contributed by atoms with Crippen molar-refractivity contribution in [1.29, 1.82) is 0 Å². The highest BCUT2D eigenvalue weighted by Crippen LogP contribution is 2.31. The summed E-state index contributed by atoms with van der Waals surface area (Å²) in [4.78, 5) is 17.8. The summed E-state index contributed by atoms with van der Waals surface area (Å²) in [5.74, 6) is -3.02. The normalized spacial score (nSPS) is 15.2. The number of carbonyl (C=O) groups excluding carboxylic acids is 1. The third-order valence-corrected chi connectivity index (χ3v) is 7.63. The molecule has 0 radical (unpaired) electrons. The zero-order valence-electron chi connectivity index (χ0n) is 21.7. The van der Waals surface area contributed by atoms with Crippen LogP contribution in [0.25, 0.3) is 11.5 Å². The lowest BCUT2D eigenvalue weighted by molar-refractivity contribution is -0.156. The van der Waals surface area contributed by atoms with Crippen molar-refractivity contribution in [3.8, 4) is 11.5 Å². The molecule has 4 rings (SSSR count). The zero-order chi connectivity index (χ0) is 29.3. The minimum atomic E-state index is -4.86. The van der Waals surface area contributed by atoms with E-state index < -0.39 is 52.2 Å². The van der Waals surface area contributed by atoms with E-state index in [2.05, 4.69) is 19.6 Å². The number of amides is 1. The number of nitrogens with zero attached hydrogens (tertiary/aromatic N) is 6. The molecular formula is C24H26F4N6O5S. The maximum atomic E-state index is 15.1. The fourth-order valence-electron chi connectivity index (χ4n) is 3.79. The van der Waals surface area contributed by atoms with Crippen LogP contribution in [0.1, 0.15) is 32.2 Å². The molecule has 0 atom stereocenters. The van der Waals surface area contributed by atoms with Gasteiger partial charge in [0.25, 0.3) is 0 Å². The second kappa shape index (κ2) is 11.0. The van der Waals surface area contributed by atoms with Gasteiger partial charge in [-0.05, 0) is 45.0 Å². The van der Waals surface area contributed by atoms with E-state index in [9.17, 15) is 26.4 Å². The first-order valence-corrected chi connectivity index (χ1v) is 13.4. The van der Waals surface area contributed by atoms with Gasteiger partial charge in [0.15, 0.2) is 0 Å². The zero-order valence-corrected chi connectivity index (χ0v) is 22.5. The summed E-state index contributed by atoms with van der Waals surface area (Å²) >= 11 is 0. The van der Waals surface area contributed by atoms with Crippen LogP contribution < -0.4 is 4.31 Å². The molecule has 1 amide bonds. The molecule has 16 heteroatoms. The highest BCUT2D eigenvalue weighted by Gasteiger charge is 2.39. The molecule has 0 saturated carbocycles. The van der Waals surface area contributed by atoms with E-state index >= 15 is 4.39 Å². The topological polar surface area (TPSA) is 122 Å². The lowest BCUT2D eigenvalue weighted by Crippen LogP contribution is -2.54. The number of piperazine rings is 1. The average Bonchev–Trinajstić information content (AvgIpc) is 3.39. The molecule has 40 heavy (non-hydrogen) atoms. The van der Waals surface area contributed by atoms with E-state index in [1.807, 2.05) is 0 Å². The van der Waals surface area contributed by atoms with Crippen LogP contribution in [0.3, 0.4) is 0 Å². The highest BCUT2D eigenvalue weighted by atomic mass is 32.2. The number of ether oxygens (including phenoxy) is 1. The summed E-state index contributed by atoms with van der Waals surface area (Å²) in [6.45, 7) is 4.84. The average molecular weight is 587 g/mol. The first-order valence-electron chi connectivity index (χ1n) is 12.0. The van der Waals surface area contributed by atoms with Gasteiger partial charge in [-0.3, -0.25) is 9.29 Å². The summed E-state index contributed by atoms with van der Waals surface area (Å²) in [5.41, 5.74) is -0.731. The Hall–Kier alpha value is -3.79. The molecule has 3 aromatic rings. The Bertz CT molecular complexity index is 1450. The van der Waals surface area contributed by atoms with Crippen molar-refractivity contribution < 1.29 is 39.9 Å². The standard InChI is InChI=1S/C24H26F4N6O5S/c1-23(2,3)39-22(35)32-9-11-33(12-10-32)40(36,37)34(18-5-4-8-29-14-18)15-17-7-6-16(13-19(17)25)20-30-31-21(38-20)24(26,27)28/h4-8,13-14H,9-12,15H2,1-3H3. The minimum Gasteiger partial charge on any atom is -0.444 e. The first kappa shape index (κ1) is 29.2. The number of pyridine rings is 1. The van der Waals surface area contributed by atoms with Crippen molar-refractivity contribution >= 4 is 22.0 Å². The molecule has 1 aliphatic heterocycles. The van der Waals surface area contributed by atoms with Gasteiger partial charge in [-0.1, -0.05) is 6.07 Å². The van der Waals surface area contributed by atoms with Crippen LogP contribution in [0.15, 0.2) is 47.1 Å². The lowest BCUT2D eigenvalue weighted by Gasteiger charge is -2.37. The Morgan fingerprint density at radius 3 is 2.35 bits per heavy atom. The van der Waals surface area contributed by atoms with Gasteiger partial charge in [0.1, 0.15) is 11.4 Å². The molecule has 1 fully saturated rings. The van der Waals surface area contributed by atoms with E-state index in [0.29, 0.717) is 0 Å². The number of carbonyl (C=O) groups is 1. The van der Waals surface area contributed by atoms with Gasteiger partial charge in [-0.15, -0.1) is 10.2 Å². The molecular weight excluding hydrogens is 560 g/mol. The van der Waals surface area contributed by atoms with Crippen molar-refractivity contribution in [2.45, 2.75) is 39.1 Å². The van der Waals surface area contributed by atoms with E-state index in [-0.39, 0.29) is 43.0 Å². The van der Waals surface area contributed by atoms with Crippen LogP contribution in [-0.4, -0.2) is 70.7 Å². The molecule has 0 N–H and O–H groups in total. The van der Waals surface area contributed by atoms with Crippen LogP contribution in [0.2, 0.25) is 0 Å². The predicted octanol–water partition coefficient (Wildman–Crippen LogP) is 4.09. The van der Waals surface area contributed by atoms with Crippen LogP contribution in [0.4, 0.5) is 28.0 Å². The van der Waals surface area contributed by atoms with Crippen molar-refractivity contribution in [2.24, 2.45) is 0 Å². The number of benzene rings is 1. The van der Waals surface area contributed by atoms with Gasteiger partial charge in [0, 0.05) is 43.5 Å². The van der Waals surface area contributed by atoms with Gasteiger partial charge in [-0.25, -0.2) is 9.18 Å². The summed E-state index contributed by atoms with van der Waals surface area (Å²) in [5, 5.41) is 6.23. The number of halogens is 4. The van der Waals surface area contributed by atoms with Gasteiger partial charge in [0.05, 0.1) is 18.4 Å². The molecule has 11 nitrogen and oxygen atoms in total. The summed E-state index contributed by atoms with van der Waals surface area (Å²) < 4.78 is 93.0. The van der Waals surface area contributed by atoms with Crippen LogP contribution >= 0.6 is 0 Å². The van der Waals surface area contributed by atoms with E-state index in [1.165, 1.54) is 45.9 Å². The second-order valence-electron chi connectivity index (χ2n) is 9.81. The van der Waals surface area contributed by atoms with E-state index in [1.54, 1.807) is 20.8 Å². The largest absolute Gasteiger partial charge is 0.470 e. The molecule has 3 heterocycles. The maximum absolute atomic E-state index is 15.1. The number of hydrogen-bond acceptors (Lipinski definition) is 8. The van der Waals surface area contributed by atoms with Gasteiger partial charge >= 0.3 is 28.4 Å². The third kappa shape index (κ3) is 6.67. The fraction of sp³-hybridized carbons (Fsp3) is 0.417. The van der Waals surface area contributed by atoms with Crippen molar-refractivity contribution in [2.75, 3.05) is 30.5 Å². The Morgan fingerprint density at radius 1 is 1.10 bits per heavy atom. The van der Waals surface area contributed by atoms with Gasteiger partial charge in [0.2, 0.25) is 5.89 Å². The van der Waals surface area contributed by atoms with Crippen LogP contribution in [0.5, 0.6) is 0 Å². The molecule has 2 aromatic heterocycles. The highest BCUT2D eigenvalue weighted by molar-refractivity contribution is 7.90. The quantitative estimate of drug-likeness (QED) is 0.396. The second-order valence-corrected chi connectivity index (χ2v) is 11.7. The van der Waals surface area contributed by atoms with Crippen molar-refractivity contribution in [1.82, 2.24) is 24.4 Å². The minimum absolute atomic E-state index is 0.0293. The Kier molecular flexibility index (Phi) is 8.03. The number of alkyl halides is 3. The Labute approximate surface area is 227 Å². The molecule has 216 valence electrons. The first-order chi connectivity index (χ1) is 18.6. The van der Waals surface area contributed by atoms with Crippen molar-refractivity contribution in [3.63, 3.8) is 0 Å². The fourth-order valence-corrected chi connectivity index (χ4v) is 5.37. The SMILES string of the molecule is CC(C)(C)OC(=O)N1CCN(S(=O)(=O)N(Cc2ccc(-c3nnc(C(F)(F)F)o3)cc2F)c2cccnc2)CC1. The Morgan fingerprint density at radius 2 is 1.80 bits per heavy atom. The van der Waals surface area contributed by atoms with E-state index in [4.69, 9.17) is 4.74 Å². The summed E-state index contributed by atoms with van der Waals surface area (Å²) in [6, 6.07) is 6.37. The monoisotopic (exact) mass is 586 g/mol. The molecule has 0 unspecified atom stereocenters. The molecule has 1 aromatic carbocycles. The third-order valence-electron chi connectivity index (χ3n) is 5.71. The predicted molar refractivity (Wildman–Crippen MR) is 133 cm³/mol. The number of rotatable bonds is 6. The van der Waals surface area contributed by atoms with Crippen LogP contribution in [0, 0.1) is 5.82 Å². The molecule has 1 aliphatic rings. The number of anilines is 1. The van der Waals surface area contributed by atoms with Gasteiger partial charge < -0.3 is 14.1 Å². The lowest BCUT2D eigenvalue weighted by atomic mass is 10.1.